The molecule has 47 heavy (non-hydrogen) atoms. The molecule has 0 radical (unpaired) electrons. The molecule has 0 aliphatic heterocycles. The molecule has 0 atom stereocenters. The van der Waals surface area contributed by atoms with Crippen LogP contribution >= 0.6 is 0 Å². The maximum Gasteiger partial charge on any atom is 0.164 e. The van der Waals surface area contributed by atoms with Crippen LogP contribution in [0, 0.1) is 0 Å². The average molecular weight is 602 g/mol. The molecule has 0 N–H and O–H groups in total. The summed E-state index contributed by atoms with van der Waals surface area (Å²) in [7, 11) is 0. The average Bonchev–Trinajstić information content (AvgIpc) is 3.54. The van der Waals surface area contributed by atoms with E-state index in [0.717, 1.165) is 60.5 Å². The smallest absolute Gasteiger partial charge is 0.164 e. The molecule has 0 aliphatic carbocycles. The van der Waals surface area contributed by atoms with Gasteiger partial charge in [0.25, 0.3) is 0 Å². The minimum atomic E-state index is 0.598. The molecular weight excluding hydrogens is 574 g/mol. The molecule has 0 fully saturated rings. The van der Waals surface area contributed by atoms with Crippen molar-refractivity contribution in [3.63, 3.8) is 0 Å². The van der Waals surface area contributed by atoms with Crippen molar-refractivity contribution in [1.29, 1.82) is 0 Å². The van der Waals surface area contributed by atoms with Crippen molar-refractivity contribution >= 4 is 32.7 Å². The van der Waals surface area contributed by atoms with Crippen LogP contribution in [0.15, 0.2) is 168 Å². The standard InChI is InChI=1S/C43H27N3O/c1-4-14-28(15-5-1)31-26-27-35(34-21-11-10-20-33(31)34)42-44-41(30-18-8-3-9-19-30)45-43(46-42)36-23-13-25-38-40(36)39-32(22-12-24-37(39)47-38)29-16-6-2-7-17-29/h1-27H. The molecule has 0 saturated heterocycles. The number of fused-ring (bicyclic) bond motifs is 4. The maximum absolute atomic E-state index is 6.45. The molecule has 0 amide bonds. The summed E-state index contributed by atoms with van der Waals surface area (Å²) in [6.45, 7) is 0. The SMILES string of the molecule is c1ccc(-c2nc(-c3ccc(-c4ccccc4)c4ccccc34)nc(-c3cccc4oc5cccc(-c6ccccc6)c5c34)n2)cc1. The Morgan fingerprint density at radius 3 is 1.38 bits per heavy atom. The summed E-state index contributed by atoms with van der Waals surface area (Å²) in [4.78, 5) is 15.4. The zero-order valence-electron chi connectivity index (χ0n) is 25.3. The maximum atomic E-state index is 6.45. The second kappa shape index (κ2) is 11.2. The molecule has 0 bridgehead atoms. The van der Waals surface area contributed by atoms with Gasteiger partial charge in [-0.05, 0) is 51.2 Å². The fourth-order valence-corrected chi connectivity index (χ4v) is 6.61. The monoisotopic (exact) mass is 601 g/mol. The van der Waals surface area contributed by atoms with Gasteiger partial charge >= 0.3 is 0 Å². The topological polar surface area (TPSA) is 51.8 Å². The van der Waals surface area contributed by atoms with Crippen LogP contribution < -0.4 is 0 Å². The highest BCUT2D eigenvalue weighted by atomic mass is 16.3. The van der Waals surface area contributed by atoms with Gasteiger partial charge in [0.1, 0.15) is 11.2 Å². The van der Waals surface area contributed by atoms with Gasteiger partial charge in [-0.15, -0.1) is 0 Å². The van der Waals surface area contributed by atoms with Gasteiger partial charge in [0, 0.05) is 27.5 Å². The first-order valence-electron chi connectivity index (χ1n) is 15.7. The molecule has 9 aromatic rings. The summed E-state index contributed by atoms with van der Waals surface area (Å²) in [6, 6.07) is 56.2. The third-order valence-electron chi connectivity index (χ3n) is 8.77. The number of benzene rings is 7. The van der Waals surface area contributed by atoms with E-state index >= 15 is 0 Å². The van der Waals surface area contributed by atoms with E-state index < -0.39 is 0 Å². The molecule has 0 saturated carbocycles. The van der Waals surface area contributed by atoms with Gasteiger partial charge in [0.15, 0.2) is 17.5 Å². The molecule has 220 valence electrons. The first-order chi connectivity index (χ1) is 23.3. The Morgan fingerprint density at radius 2 is 0.745 bits per heavy atom. The first-order valence-corrected chi connectivity index (χ1v) is 15.7. The number of aromatic nitrogens is 3. The third kappa shape index (κ3) is 4.66. The number of hydrogen-bond acceptors (Lipinski definition) is 4. The van der Waals surface area contributed by atoms with E-state index in [1.807, 2.05) is 66.7 Å². The number of nitrogens with zero attached hydrogens (tertiary/aromatic N) is 3. The molecule has 0 aliphatic rings. The van der Waals surface area contributed by atoms with E-state index in [2.05, 4.69) is 97.1 Å². The Bertz CT molecular complexity index is 2560. The molecule has 2 aromatic heterocycles. The van der Waals surface area contributed by atoms with Gasteiger partial charge in [0.05, 0.1) is 0 Å². The molecule has 4 heteroatoms. The summed E-state index contributed by atoms with van der Waals surface area (Å²) in [5, 5.41) is 4.27. The summed E-state index contributed by atoms with van der Waals surface area (Å²) < 4.78 is 6.45. The molecule has 9 rings (SSSR count). The van der Waals surface area contributed by atoms with Crippen LogP contribution in [0.2, 0.25) is 0 Å². The summed E-state index contributed by atoms with van der Waals surface area (Å²) in [5.74, 6) is 1.84. The van der Waals surface area contributed by atoms with Crippen LogP contribution in [0.1, 0.15) is 0 Å². The van der Waals surface area contributed by atoms with Gasteiger partial charge < -0.3 is 4.42 Å². The van der Waals surface area contributed by atoms with E-state index in [0.29, 0.717) is 17.5 Å². The van der Waals surface area contributed by atoms with Crippen molar-refractivity contribution in [2.24, 2.45) is 0 Å². The van der Waals surface area contributed by atoms with Gasteiger partial charge in [-0.25, -0.2) is 15.0 Å². The van der Waals surface area contributed by atoms with Crippen LogP contribution in [0.4, 0.5) is 0 Å². The normalized spacial score (nSPS) is 11.4. The lowest BCUT2D eigenvalue weighted by Crippen LogP contribution is -2.01. The predicted molar refractivity (Wildman–Crippen MR) is 192 cm³/mol. The van der Waals surface area contributed by atoms with Gasteiger partial charge in [-0.3, -0.25) is 0 Å². The second-order valence-electron chi connectivity index (χ2n) is 11.6. The third-order valence-corrected chi connectivity index (χ3v) is 8.77. The zero-order valence-corrected chi connectivity index (χ0v) is 25.3. The lowest BCUT2D eigenvalue weighted by atomic mass is 9.94. The Morgan fingerprint density at radius 1 is 0.298 bits per heavy atom. The zero-order chi connectivity index (χ0) is 31.2. The van der Waals surface area contributed by atoms with Crippen molar-refractivity contribution in [2.75, 3.05) is 0 Å². The summed E-state index contributed by atoms with van der Waals surface area (Å²) in [5.41, 5.74) is 8.98. The molecule has 0 unspecified atom stereocenters. The van der Waals surface area contributed by atoms with Crippen molar-refractivity contribution in [1.82, 2.24) is 15.0 Å². The van der Waals surface area contributed by atoms with Gasteiger partial charge in [-0.1, -0.05) is 146 Å². The molecule has 7 aromatic carbocycles. The minimum Gasteiger partial charge on any atom is -0.456 e. The second-order valence-corrected chi connectivity index (χ2v) is 11.6. The van der Waals surface area contributed by atoms with E-state index in [-0.39, 0.29) is 0 Å². The molecule has 4 nitrogen and oxygen atoms in total. The fraction of sp³-hybridized carbons (Fsp3) is 0. The largest absolute Gasteiger partial charge is 0.456 e. The number of furan rings is 1. The van der Waals surface area contributed by atoms with E-state index in [4.69, 9.17) is 19.4 Å². The van der Waals surface area contributed by atoms with Crippen molar-refractivity contribution in [3.05, 3.63) is 164 Å². The molecular formula is C43H27N3O. The van der Waals surface area contributed by atoms with Gasteiger partial charge in [0.2, 0.25) is 0 Å². The minimum absolute atomic E-state index is 0.598. The highest BCUT2D eigenvalue weighted by Crippen LogP contribution is 2.42. The van der Waals surface area contributed by atoms with Crippen molar-refractivity contribution < 1.29 is 4.42 Å². The summed E-state index contributed by atoms with van der Waals surface area (Å²) >= 11 is 0. The highest BCUT2D eigenvalue weighted by Gasteiger charge is 2.21. The highest BCUT2D eigenvalue weighted by molar-refractivity contribution is 6.17. The van der Waals surface area contributed by atoms with Crippen LogP contribution in [-0.2, 0) is 0 Å². The Hall–Kier alpha value is -6.39. The first kappa shape index (κ1) is 27.0. The molecule has 0 spiro atoms. The van der Waals surface area contributed by atoms with Crippen molar-refractivity contribution in [2.45, 2.75) is 0 Å². The van der Waals surface area contributed by atoms with Crippen LogP contribution in [0.25, 0.3) is 89.1 Å². The fourth-order valence-electron chi connectivity index (χ4n) is 6.61. The number of rotatable bonds is 5. The van der Waals surface area contributed by atoms with Crippen molar-refractivity contribution in [3.8, 4) is 56.4 Å². The molecule has 2 heterocycles. The summed E-state index contributed by atoms with van der Waals surface area (Å²) in [6.07, 6.45) is 0. The Labute approximate surface area is 271 Å². The van der Waals surface area contributed by atoms with E-state index in [9.17, 15) is 0 Å². The van der Waals surface area contributed by atoms with E-state index in [1.165, 1.54) is 11.1 Å². The Balaban J connectivity index is 1.32. The Kier molecular flexibility index (Phi) is 6.43. The van der Waals surface area contributed by atoms with Crippen LogP contribution in [0.5, 0.6) is 0 Å². The number of hydrogen-bond donors (Lipinski definition) is 0. The quantitative estimate of drug-likeness (QED) is 0.197. The lowest BCUT2D eigenvalue weighted by molar-refractivity contribution is 0.669. The van der Waals surface area contributed by atoms with Gasteiger partial charge in [-0.2, -0.15) is 0 Å². The van der Waals surface area contributed by atoms with Crippen LogP contribution in [0.3, 0.4) is 0 Å². The van der Waals surface area contributed by atoms with Crippen LogP contribution in [-0.4, -0.2) is 15.0 Å². The predicted octanol–water partition coefficient (Wildman–Crippen LogP) is 11.3. The lowest BCUT2D eigenvalue weighted by Gasteiger charge is -2.13. The van der Waals surface area contributed by atoms with E-state index in [1.54, 1.807) is 0 Å².